The molecular formula is C14H11ClN2O2S. The van der Waals surface area contributed by atoms with Crippen molar-refractivity contribution in [3.63, 3.8) is 0 Å². The molecule has 0 spiro atoms. The molecule has 0 fully saturated rings. The summed E-state index contributed by atoms with van der Waals surface area (Å²) in [5.41, 5.74) is 2.66. The Labute approximate surface area is 121 Å². The van der Waals surface area contributed by atoms with Crippen LogP contribution in [-0.4, -0.2) is 24.9 Å². The van der Waals surface area contributed by atoms with E-state index in [1.807, 2.05) is 6.07 Å². The highest BCUT2D eigenvalue weighted by Crippen LogP contribution is 2.31. The maximum absolute atomic E-state index is 11.5. The smallest absolute Gasteiger partial charge is 0.175 e. The van der Waals surface area contributed by atoms with Crippen LogP contribution >= 0.6 is 11.6 Å². The third-order valence-electron chi connectivity index (χ3n) is 3.12. The van der Waals surface area contributed by atoms with Gasteiger partial charge < -0.3 is 0 Å². The lowest BCUT2D eigenvalue weighted by molar-refractivity contribution is 0.602. The highest BCUT2D eigenvalue weighted by Gasteiger charge is 2.10. The van der Waals surface area contributed by atoms with Gasteiger partial charge in [-0.25, -0.2) is 8.42 Å². The fraction of sp³-hybridized carbons (Fsp3) is 0.0714. The Morgan fingerprint density at radius 1 is 1.15 bits per heavy atom. The molecule has 6 heteroatoms. The number of nitrogens with one attached hydrogen (secondary N) is 1. The van der Waals surface area contributed by atoms with E-state index in [1.165, 1.54) is 6.26 Å². The van der Waals surface area contributed by atoms with Gasteiger partial charge in [0.05, 0.1) is 16.6 Å². The van der Waals surface area contributed by atoms with Gasteiger partial charge in [0.1, 0.15) is 0 Å². The standard InChI is InChI=1S/C14H11ClN2O2S/c1-20(18,19)11-4-2-9(3-5-11)12-6-10(15)7-14-13(12)8-16-17-14/h2-8H,1H3,(H,16,17). The second-order valence-electron chi connectivity index (χ2n) is 4.58. The van der Waals surface area contributed by atoms with Gasteiger partial charge in [0.15, 0.2) is 9.84 Å². The first-order valence-corrected chi connectivity index (χ1v) is 8.15. The molecule has 0 saturated heterocycles. The minimum Gasteiger partial charge on any atom is -0.278 e. The van der Waals surface area contributed by atoms with Crippen molar-refractivity contribution in [1.29, 1.82) is 0 Å². The molecule has 0 unspecified atom stereocenters. The minimum atomic E-state index is -3.19. The van der Waals surface area contributed by atoms with Gasteiger partial charge in [-0.2, -0.15) is 5.10 Å². The van der Waals surface area contributed by atoms with Crippen molar-refractivity contribution in [1.82, 2.24) is 10.2 Å². The first-order valence-electron chi connectivity index (χ1n) is 5.88. The Morgan fingerprint density at radius 3 is 2.50 bits per heavy atom. The lowest BCUT2D eigenvalue weighted by Gasteiger charge is -2.06. The molecule has 1 N–H and O–H groups in total. The summed E-state index contributed by atoms with van der Waals surface area (Å²) in [6.07, 6.45) is 2.92. The van der Waals surface area contributed by atoms with Crippen LogP contribution in [0.1, 0.15) is 0 Å². The summed E-state index contributed by atoms with van der Waals surface area (Å²) in [6, 6.07) is 10.4. The first kappa shape index (κ1) is 13.1. The van der Waals surface area contributed by atoms with Crippen LogP contribution in [0.3, 0.4) is 0 Å². The predicted molar refractivity (Wildman–Crippen MR) is 79.6 cm³/mol. The van der Waals surface area contributed by atoms with E-state index >= 15 is 0 Å². The topological polar surface area (TPSA) is 62.8 Å². The summed E-state index contributed by atoms with van der Waals surface area (Å²) >= 11 is 6.09. The highest BCUT2D eigenvalue weighted by molar-refractivity contribution is 7.90. The van der Waals surface area contributed by atoms with Crippen molar-refractivity contribution >= 4 is 32.3 Å². The summed E-state index contributed by atoms with van der Waals surface area (Å²) in [7, 11) is -3.19. The molecule has 0 aliphatic rings. The summed E-state index contributed by atoms with van der Waals surface area (Å²) < 4.78 is 22.9. The number of aromatic amines is 1. The average molecular weight is 307 g/mol. The second-order valence-corrected chi connectivity index (χ2v) is 7.03. The molecule has 0 radical (unpaired) electrons. The van der Waals surface area contributed by atoms with Crippen LogP contribution in [0.4, 0.5) is 0 Å². The van der Waals surface area contributed by atoms with Gasteiger partial charge >= 0.3 is 0 Å². The third-order valence-corrected chi connectivity index (χ3v) is 4.46. The number of benzene rings is 2. The fourth-order valence-electron chi connectivity index (χ4n) is 2.14. The summed E-state index contributed by atoms with van der Waals surface area (Å²) in [4.78, 5) is 0.298. The molecule has 0 aliphatic carbocycles. The third kappa shape index (κ3) is 2.30. The van der Waals surface area contributed by atoms with Crippen LogP contribution in [-0.2, 0) is 9.84 Å². The Bertz CT molecular complexity index is 883. The van der Waals surface area contributed by atoms with Crippen molar-refractivity contribution in [3.8, 4) is 11.1 Å². The van der Waals surface area contributed by atoms with Crippen molar-refractivity contribution in [2.45, 2.75) is 4.90 Å². The maximum Gasteiger partial charge on any atom is 0.175 e. The normalized spacial score (nSPS) is 11.9. The molecule has 0 atom stereocenters. The van der Waals surface area contributed by atoms with E-state index in [0.29, 0.717) is 9.92 Å². The lowest BCUT2D eigenvalue weighted by Crippen LogP contribution is -1.96. The number of nitrogens with zero attached hydrogens (tertiary/aromatic N) is 1. The zero-order valence-corrected chi connectivity index (χ0v) is 12.2. The molecular weight excluding hydrogens is 296 g/mol. The van der Waals surface area contributed by atoms with E-state index in [9.17, 15) is 8.42 Å². The van der Waals surface area contributed by atoms with Crippen LogP contribution in [0.15, 0.2) is 47.5 Å². The molecule has 4 nitrogen and oxygen atoms in total. The van der Waals surface area contributed by atoms with Crippen molar-refractivity contribution in [2.24, 2.45) is 0 Å². The van der Waals surface area contributed by atoms with Gasteiger partial charge in [-0.15, -0.1) is 0 Å². The number of hydrogen-bond donors (Lipinski definition) is 1. The monoisotopic (exact) mass is 306 g/mol. The molecule has 0 aliphatic heterocycles. The van der Waals surface area contributed by atoms with E-state index in [0.717, 1.165) is 22.0 Å². The fourth-order valence-corrected chi connectivity index (χ4v) is 2.99. The molecule has 2 aromatic carbocycles. The van der Waals surface area contributed by atoms with Gasteiger partial charge in [0, 0.05) is 16.7 Å². The highest BCUT2D eigenvalue weighted by atomic mass is 35.5. The average Bonchev–Trinajstić information content (AvgIpc) is 2.85. The molecule has 1 aromatic heterocycles. The summed E-state index contributed by atoms with van der Waals surface area (Å²) in [5.74, 6) is 0. The quantitative estimate of drug-likeness (QED) is 0.790. The van der Waals surface area contributed by atoms with Crippen LogP contribution in [0.25, 0.3) is 22.0 Å². The van der Waals surface area contributed by atoms with Gasteiger partial charge in [-0.1, -0.05) is 23.7 Å². The van der Waals surface area contributed by atoms with E-state index in [2.05, 4.69) is 10.2 Å². The Hall–Kier alpha value is -1.85. The second kappa shape index (κ2) is 4.61. The minimum absolute atomic E-state index is 0.298. The molecule has 3 aromatic rings. The van der Waals surface area contributed by atoms with E-state index in [1.54, 1.807) is 36.5 Å². The van der Waals surface area contributed by atoms with Gasteiger partial charge in [0.2, 0.25) is 0 Å². The van der Waals surface area contributed by atoms with Gasteiger partial charge in [0.25, 0.3) is 0 Å². The SMILES string of the molecule is CS(=O)(=O)c1ccc(-c2cc(Cl)cc3[nH]ncc23)cc1. The van der Waals surface area contributed by atoms with Crippen LogP contribution in [0.5, 0.6) is 0 Å². The first-order chi connectivity index (χ1) is 9.45. The van der Waals surface area contributed by atoms with E-state index in [-0.39, 0.29) is 0 Å². The predicted octanol–water partition coefficient (Wildman–Crippen LogP) is 3.29. The lowest BCUT2D eigenvalue weighted by atomic mass is 10.0. The molecule has 0 amide bonds. The van der Waals surface area contributed by atoms with Crippen LogP contribution in [0, 0.1) is 0 Å². The van der Waals surface area contributed by atoms with Crippen molar-refractivity contribution < 1.29 is 8.42 Å². The zero-order chi connectivity index (χ0) is 14.3. The largest absolute Gasteiger partial charge is 0.278 e. The summed E-state index contributed by atoms with van der Waals surface area (Å²) in [6.45, 7) is 0. The van der Waals surface area contributed by atoms with E-state index in [4.69, 9.17) is 11.6 Å². The van der Waals surface area contributed by atoms with E-state index < -0.39 is 9.84 Å². The van der Waals surface area contributed by atoms with Crippen LogP contribution in [0.2, 0.25) is 5.02 Å². The number of H-pyrrole nitrogens is 1. The number of rotatable bonds is 2. The van der Waals surface area contributed by atoms with Crippen molar-refractivity contribution in [2.75, 3.05) is 6.26 Å². The number of fused-ring (bicyclic) bond motifs is 1. The Morgan fingerprint density at radius 2 is 1.85 bits per heavy atom. The molecule has 0 saturated carbocycles. The van der Waals surface area contributed by atoms with Crippen LogP contribution < -0.4 is 0 Å². The Kier molecular flexibility index (Phi) is 3.03. The number of halogens is 1. The molecule has 102 valence electrons. The Balaban J connectivity index is 2.18. The molecule has 3 rings (SSSR count). The summed E-state index contributed by atoms with van der Waals surface area (Å²) in [5, 5.41) is 8.43. The molecule has 0 bridgehead atoms. The zero-order valence-electron chi connectivity index (χ0n) is 10.6. The van der Waals surface area contributed by atoms with Gasteiger partial charge in [-0.05, 0) is 35.4 Å². The number of sulfone groups is 1. The number of hydrogen-bond acceptors (Lipinski definition) is 3. The maximum atomic E-state index is 11.5. The number of aromatic nitrogens is 2. The van der Waals surface area contributed by atoms with Gasteiger partial charge in [-0.3, -0.25) is 5.10 Å². The molecule has 1 heterocycles. The van der Waals surface area contributed by atoms with Crippen molar-refractivity contribution in [3.05, 3.63) is 47.6 Å². The molecule has 20 heavy (non-hydrogen) atoms.